The third-order valence-corrected chi connectivity index (χ3v) is 1.99. The van der Waals surface area contributed by atoms with E-state index in [4.69, 9.17) is 9.15 Å². The van der Waals surface area contributed by atoms with Gasteiger partial charge in [-0.25, -0.2) is 0 Å². The Morgan fingerprint density at radius 1 is 1.40 bits per heavy atom. The van der Waals surface area contributed by atoms with Crippen molar-refractivity contribution in [2.75, 3.05) is 0 Å². The lowest BCUT2D eigenvalue weighted by atomic mass is 10.2. The van der Waals surface area contributed by atoms with Gasteiger partial charge in [-0.3, -0.25) is 0 Å². The van der Waals surface area contributed by atoms with Crippen LogP contribution in [0.4, 0.5) is 0 Å². The summed E-state index contributed by atoms with van der Waals surface area (Å²) in [6.45, 7) is 2.12. The lowest BCUT2D eigenvalue weighted by Gasteiger charge is -1.83. The van der Waals surface area contributed by atoms with Crippen molar-refractivity contribution in [2.45, 2.75) is 13.3 Å². The second-order valence-corrected chi connectivity index (χ2v) is 2.58. The van der Waals surface area contributed by atoms with Crippen molar-refractivity contribution >= 4 is 11.2 Å². The van der Waals surface area contributed by atoms with Gasteiger partial charge in [-0.1, -0.05) is 6.92 Å². The molecule has 10 heavy (non-hydrogen) atoms. The van der Waals surface area contributed by atoms with Crippen LogP contribution in [0.5, 0.6) is 11.5 Å². The summed E-state index contributed by atoms with van der Waals surface area (Å²) >= 11 is 0. The van der Waals surface area contributed by atoms with Gasteiger partial charge in [0, 0.05) is 5.56 Å². The van der Waals surface area contributed by atoms with Crippen LogP contribution in [0.2, 0.25) is 0 Å². The highest BCUT2D eigenvalue weighted by molar-refractivity contribution is 5.90. The van der Waals surface area contributed by atoms with Gasteiger partial charge in [0.2, 0.25) is 11.5 Å². The molecule has 2 nitrogen and oxygen atoms in total. The molecule has 0 atom stereocenters. The SMILES string of the molecule is CCc1cc2oc1c1c2O1. The maximum Gasteiger partial charge on any atom is 0.216 e. The van der Waals surface area contributed by atoms with Crippen molar-refractivity contribution < 1.29 is 9.15 Å². The minimum absolute atomic E-state index is 0.918. The van der Waals surface area contributed by atoms with E-state index < -0.39 is 0 Å². The van der Waals surface area contributed by atoms with Crippen LogP contribution in [-0.2, 0) is 6.42 Å². The molecule has 0 aliphatic carbocycles. The maximum atomic E-state index is 5.38. The molecular formula is C8H6O2. The van der Waals surface area contributed by atoms with E-state index in [2.05, 4.69) is 13.0 Å². The summed E-state index contributed by atoms with van der Waals surface area (Å²) < 4.78 is 10.5. The van der Waals surface area contributed by atoms with Crippen molar-refractivity contribution in [2.24, 2.45) is 0 Å². The zero-order valence-electron chi connectivity index (χ0n) is 5.60. The van der Waals surface area contributed by atoms with Crippen molar-refractivity contribution in [1.82, 2.24) is 0 Å². The summed E-state index contributed by atoms with van der Waals surface area (Å²) in [7, 11) is 0. The lowest BCUT2D eigenvalue weighted by Crippen LogP contribution is -1.70. The van der Waals surface area contributed by atoms with Gasteiger partial charge < -0.3 is 9.15 Å². The van der Waals surface area contributed by atoms with Crippen LogP contribution in [0.1, 0.15) is 12.5 Å². The average molecular weight is 134 g/mol. The van der Waals surface area contributed by atoms with Gasteiger partial charge in [0.25, 0.3) is 0 Å². The van der Waals surface area contributed by atoms with E-state index in [1.165, 1.54) is 5.56 Å². The zero-order chi connectivity index (χ0) is 6.72. The Morgan fingerprint density at radius 2 is 2.30 bits per heavy atom. The fraction of sp³-hybridized carbons (Fsp3) is 0.250. The Hall–Kier alpha value is -1.18. The molecule has 0 amide bonds. The van der Waals surface area contributed by atoms with Crippen LogP contribution in [0.3, 0.4) is 0 Å². The minimum Gasteiger partial charge on any atom is -0.449 e. The summed E-state index contributed by atoms with van der Waals surface area (Å²) in [5, 5.41) is 0. The molecule has 0 N–H and O–H groups in total. The van der Waals surface area contributed by atoms with Gasteiger partial charge in [-0.2, -0.15) is 0 Å². The van der Waals surface area contributed by atoms with Gasteiger partial charge in [-0.15, -0.1) is 0 Å². The summed E-state index contributed by atoms with van der Waals surface area (Å²) in [6, 6.07) is 2.06. The average Bonchev–Trinajstić information content (AvgIpc) is 2.58. The molecule has 2 bridgehead atoms. The van der Waals surface area contributed by atoms with Gasteiger partial charge in [0.15, 0.2) is 11.2 Å². The Balaban J connectivity index is 2.46. The topological polar surface area (TPSA) is 25.7 Å². The number of fused-ring (bicyclic) bond motifs is 5. The van der Waals surface area contributed by atoms with E-state index in [-0.39, 0.29) is 0 Å². The molecule has 0 saturated carbocycles. The summed E-state index contributed by atoms with van der Waals surface area (Å²) in [4.78, 5) is 0. The van der Waals surface area contributed by atoms with Gasteiger partial charge in [0.1, 0.15) is 0 Å². The standard InChI is InChI=1S/C8H6O2/c1-2-4-3-5-7-8(10-7)6(4)9-5/h3H,2H2,1H3. The first kappa shape index (κ1) is 4.61. The normalized spacial score (nSPS) is 13.7. The predicted octanol–water partition coefficient (Wildman–Crippen LogP) is 2.54. The Morgan fingerprint density at radius 3 is 2.90 bits per heavy atom. The van der Waals surface area contributed by atoms with Crippen molar-refractivity contribution in [3.05, 3.63) is 11.6 Å². The Kier molecular flexibility index (Phi) is 0.528. The van der Waals surface area contributed by atoms with E-state index in [1.807, 2.05) is 0 Å². The van der Waals surface area contributed by atoms with Crippen LogP contribution in [0, 0.1) is 0 Å². The first-order valence-electron chi connectivity index (χ1n) is 3.45. The Labute approximate surface area is 57.7 Å². The van der Waals surface area contributed by atoms with Crippen molar-refractivity contribution in [3.8, 4) is 11.5 Å². The first-order chi connectivity index (χ1) is 4.90. The number of furan rings is 2. The Bertz CT molecular complexity index is 386. The molecule has 0 unspecified atom stereocenters. The molecule has 3 heterocycles. The molecule has 2 aromatic rings. The summed E-state index contributed by atoms with van der Waals surface area (Å²) in [5.41, 5.74) is 3.15. The van der Waals surface area contributed by atoms with Gasteiger partial charge in [-0.05, 0) is 12.5 Å². The number of rotatable bonds is 1. The second kappa shape index (κ2) is 1.15. The molecule has 0 spiro atoms. The molecule has 1 aliphatic heterocycles. The molecule has 2 heteroatoms. The van der Waals surface area contributed by atoms with Crippen LogP contribution in [0.25, 0.3) is 11.2 Å². The van der Waals surface area contributed by atoms with Crippen LogP contribution < -0.4 is 4.74 Å². The highest BCUT2D eigenvalue weighted by Gasteiger charge is 2.34. The van der Waals surface area contributed by atoms with E-state index in [0.29, 0.717) is 0 Å². The van der Waals surface area contributed by atoms with Gasteiger partial charge >= 0.3 is 0 Å². The lowest BCUT2D eigenvalue weighted by molar-refractivity contribution is 0.582. The van der Waals surface area contributed by atoms with Crippen LogP contribution in [-0.4, -0.2) is 0 Å². The second-order valence-electron chi connectivity index (χ2n) is 2.58. The molecule has 2 aromatic heterocycles. The number of ether oxygens (including phenoxy) is 1. The van der Waals surface area contributed by atoms with E-state index in [1.54, 1.807) is 0 Å². The summed E-state index contributed by atoms with van der Waals surface area (Å²) in [5.74, 6) is 1.95. The van der Waals surface area contributed by atoms with Crippen molar-refractivity contribution in [3.63, 3.8) is 0 Å². The van der Waals surface area contributed by atoms with Gasteiger partial charge in [0.05, 0.1) is 0 Å². The van der Waals surface area contributed by atoms with Crippen LogP contribution >= 0.6 is 0 Å². The molecule has 0 saturated heterocycles. The monoisotopic (exact) mass is 134 g/mol. The number of aryl methyl sites for hydroxylation is 1. The third-order valence-electron chi connectivity index (χ3n) is 1.99. The maximum absolute atomic E-state index is 5.38. The molecular weight excluding hydrogens is 128 g/mol. The number of benzene rings is 1. The van der Waals surface area contributed by atoms with E-state index in [9.17, 15) is 0 Å². The molecule has 1 aliphatic rings. The molecule has 50 valence electrons. The highest BCUT2D eigenvalue weighted by Crippen LogP contribution is 2.57. The van der Waals surface area contributed by atoms with E-state index in [0.717, 1.165) is 29.1 Å². The number of hydrogen-bond donors (Lipinski definition) is 0. The van der Waals surface area contributed by atoms with Crippen LogP contribution in [0.15, 0.2) is 10.5 Å². The fourth-order valence-electron chi connectivity index (χ4n) is 1.38. The van der Waals surface area contributed by atoms with Crippen molar-refractivity contribution in [1.29, 1.82) is 0 Å². The van der Waals surface area contributed by atoms with E-state index >= 15 is 0 Å². The summed E-state index contributed by atoms with van der Waals surface area (Å²) in [6.07, 6.45) is 1.03. The number of hydrogen-bond acceptors (Lipinski definition) is 2. The molecule has 0 fully saturated rings. The zero-order valence-corrected chi connectivity index (χ0v) is 5.60. The fourth-order valence-corrected chi connectivity index (χ4v) is 1.38. The third kappa shape index (κ3) is 0.321. The largest absolute Gasteiger partial charge is 0.449 e. The smallest absolute Gasteiger partial charge is 0.216 e. The molecule has 0 radical (unpaired) electrons. The predicted molar refractivity (Wildman–Crippen MR) is 36.9 cm³/mol. The minimum atomic E-state index is 0.918. The molecule has 0 aromatic carbocycles. The molecule has 3 rings (SSSR count). The highest BCUT2D eigenvalue weighted by atomic mass is 16.6. The quantitative estimate of drug-likeness (QED) is 0.478. The first-order valence-corrected chi connectivity index (χ1v) is 3.45.